The molecular weight excluding hydrogens is 427 g/mol. The Kier molecular flexibility index (Phi) is 15.2. The highest BCUT2D eigenvalue weighted by atomic mass is 35.5. The Bertz CT molecular complexity index is 736. The van der Waals surface area contributed by atoms with Crippen molar-refractivity contribution >= 4 is 5.78 Å². The van der Waals surface area contributed by atoms with Gasteiger partial charge in [-0.15, -0.1) is 0 Å². The van der Waals surface area contributed by atoms with E-state index in [0.29, 0.717) is 22.3 Å². The van der Waals surface area contributed by atoms with Crippen LogP contribution in [-0.4, -0.2) is 67.4 Å². The summed E-state index contributed by atoms with van der Waals surface area (Å²) in [5, 5.41) is 20.1. The number of hydrogen-bond acceptors (Lipinski definition) is 4. The molecular formula is C22H34Cl2N2O4. The summed E-state index contributed by atoms with van der Waals surface area (Å²) >= 11 is 0. The number of phenolic OH excluding ortho intramolecular Hbond substituents is 1. The van der Waals surface area contributed by atoms with E-state index in [4.69, 9.17) is 4.74 Å². The third-order valence-electron chi connectivity index (χ3n) is 3.80. The molecule has 1 atom stereocenters. The molecule has 6 nitrogen and oxygen atoms in total. The van der Waals surface area contributed by atoms with Crippen LogP contribution in [0, 0.1) is 0 Å². The normalized spacial score (nSPS) is 11.1. The molecule has 0 aromatic heterocycles. The number of quaternary nitrogens is 2. The van der Waals surface area contributed by atoms with Gasteiger partial charge < -0.3 is 50.0 Å². The quantitative estimate of drug-likeness (QED) is 0.274. The minimum Gasteiger partial charge on any atom is -1.00 e. The van der Waals surface area contributed by atoms with Gasteiger partial charge in [0.1, 0.15) is 30.8 Å². The van der Waals surface area contributed by atoms with Crippen molar-refractivity contribution in [3.05, 3.63) is 59.7 Å². The topological polar surface area (TPSA) is 94.4 Å². The van der Waals surface area contributed by atoms with Crippen LogP contribution in [0.1, 0.15) is 29.3 Å². The summed E-state index contributed by atoms with van der Waals surface area (Å²) in [7, 11) is 5.96. The first-order chi connectivity index (χ1) is 13.2. The summed E-state index contributed by atoms with van der Waals surface area (Å²) < 4.78 is 6.13. The van der Waals surface area contributed by atoms with Crippen molar-refractivity contribution in [2.24, 2.45) is 0 Å². The lowest BCUT2D eigenvalue weighted by atomic mass is 10.0. The van der Waals surface area contributed by atoms with Crippen LogP contribution in [0.4, 0.5) is 0 Å². The van der Waals surface area contributed by atoms with Gasteiger partial charge in [-0.1, -0.05) is 37.3 Å². The molecule has 170 valence electrons. The Hall–Kier alpha value is -1.83. The largest absolute Gasteiger partial charge is 1.00 e. The van der Waals surface area contributed by atoms with E-state index in [1.807, 2.05) is 27.2 Å². The molecule has 2 aromatic rings. The highest BCUT2D eigenvalue weighted by molar-refractivity contribution is 6.10. The molecule has 0 fully saturated rings. The van der Waals surface area contributed by atoms with Crippen molar-refractivity contribution in [3.63, 3.8) is 0 Å². The van der Waals surface area contributed by atoms with Gasteiger partial charge in [-0.3, -0.25) is 4.79 Å². The summed E-state index contributed by atoms with van der Waals surface area (Å²) in [6, 6.07) is 13.3. The lowest BCUT2D eigenvalue weighted by Crippen LogP contribution is -3.00. The number of halogens is 2. The number of rotatable bonds is 8. The van der Waals surface area contributed by atoms with Gasteiger partial charge in [0.25, 0.3) is 0 Å². The number of phenols is 1. The van der Waals surface area contributed by atoms with E-state index in [2.05, 4.69) is 12.7 Å². The van der Waals surface area contributed by atoms with Gasteiger partial charge in [-0.2, -0.15) is 0 Å². The number of aromatic hydroxyl groups is 1. The summed E-state index contributed by atoms with van der Waals surface area (Å²) in [6.45, 7) is 3.87. The van der Waals surface area contributed by atoms with Crippen LogP contribution in [0.3, 0.4) is 0 Å². The summed E-state index contributed by atoms with van der Waals surface area (Å²) in [5.41, 5.74) is 4.34. The maximum Gasteiger partial charge on any atom is 0.196 e. The zero-order chi connectivity index (χ0) is 21.2. The second kappa shape index (κ2) is 15.0. The van der Waals surface area contributed by atoms with Crippen molar-refractivity contribution in [2.75, 3.05) is 40.8 Å². The Morgan fingerprint density at radius 1 is 1.10 bits per heavy atom. The number of aliphatic hydroxyl groups excluding tert-OH is 1. The number of benzene rings is 2. The van der Waals surface area contributed by atoms with Crippen LogP contribution in [0.15, 0.2) is 48.5 Å². The minimum absolute atomic E-state index is 0. The number of ether oxygens (including phenoxy) is 1. The Balaban J connectivity index is 0. The van der Waals surface area contributed by atoms with Crippen LogP contribution >= 0.6 is 0 Å². The molecule has 0 bridgehead atoms. The van der Waals surface area contributed by atoms with Crippen molar-refractivity contribution in [3.8, 4) is 11.5 Å². The van der Waals surface area contributed by atoms with Crippen molar-refractivity contribution in [1.82, 2.24) is 0 Å². The fraction of sp³-hybridized carbons (Fsp3) is 0.409. The molecule has 0 aliphatic heterocycles. The number of ketones is 1. The van der Waals surface area contributed by atoms with Crippen LogP contribution < -0.4 is 35.3 Å². The Labute approximate surface area is 192 Å². The van der Waals surface area contributed by atoms with E-state index in [0.717, 1.165) is 6.54 Å². The summed E-state index contributed by atoms with van der Waals surface area (Å²) in [6.07, 6.45) is 0.595. The van der Waals surface area contributed by atoms with Gasteiger partial charge in [0.15, 0.2) is 5.78 Å². The minimum atomic E-state index is -0.613. The van der Waals surface area contributed by atoms with Crippen molar-refractivity contribution < 1.29 is 54.8 Å². The van der Waals surface area contributed by atoms with Gasteiger partial charge in [0.05, 0.1) is 33.3 Å². The van der Waals surface area contributed by atoms with Gasteiger partial charge in [0, 0.05) is 11.6 Å². The molecule has 2 rings (SSSR count). The Morgan fingerprint density at radius 3 is 2.13 bits per heavy atom. The highest BCUT2D eigenvalue weighted by Gasteiger charge is 2.17. The molecule has 0 saturated heterocycles. The number of likely N-dealkylation sites (N-methyl/N-ethyl adjacent to an activating group) is 1. The second-order valence-corrected chi connectivity index (χ2v) is 7.67. The smallest absolute Gasteiger partial charge is 0.196 e. The van der Waals surface area contributed by atoms with Gasteiger partial charge in [-0.25, -0.2) is 0 Å². The average Bonchev–Trinajstić information content (AvgIpc) is 2.65. The molecule has 0 heterocycles. The predicted octanol–water partition coefficient (Wildman–Crippen LogP) is -4.28. The van der Waals surface area contributed by atoms with Gasteiger partial charge in [-0.05, 0) is 18.6 Å². The number of hydrogen-bond donors (Lipinski definition) is 3. The third kappa shape index (κ3) is 11.4. The zero-order valence-electron chi connectivity index (χ0n) is 18.1. The predicted molar refractivity (Wildman–Crippen MR) is 110 cm³/mol. The summed E-state index contributed by atoms with van der Waals surface area (Å²) in [4.78, 5) is 12.4. The van der Waals surface area contributed by atoms with Gasteiger partial charge >= 0.3 is 0 Å². The molecule has 30 heavy (non-hydrogen) atoms. The number of carbonyl (C=O) groups is 1. The van der Waals surface area contributed by atoms with Crippen LogP contribution in [0.2, 0.25) is 0 Å². The molecule has 0 spiro atoms. The number of aliphatic hydroxyl groups is 1. The van der Waals surface area contributed by atoms with Crippen molar-refractivity contribution in [2.45, 2.75) is 19.4 Å². The SMILES string of the molecule is CCC[NH3+].C[N+](C)(C)CC(O)COc1ccc(C(=O)c2ccccc2)c(O)c1.[Cl-].[Cl-]. The molecule has 0 saturated carbocycles. The maximum atomic E-state index is 12.4. The molecule has 1 unspecified atom stereocenters. The molecule has 5 N–H and O–H groups in total. The molecule has 2 aromatic carbocycles. The van der Waals surface area contributed by atoms with E-state index in [1.54, 1.807) is 30.3 Å². The molecule has 0 amide bonds. The number of carbonyl (C=O) groups excluding carboxylic acids is 1. The lowest BCUT2D eigenvalue weighted by molar-refractivity contribution is -0.873. The summed E-state index contributed by atoms with van der Waals surface area (Å²) in [5.74, 6) is 0.0322. The van der Waals surface area contributed by atoms with E-state index in [1.165, 1.54) is 18.6 Å². The lowest BCUT2D eigenvalue weighted by Gasteiger charge is -2.26. The standard InChI is InChI=1S/C19H23NO4.C3H9N.2ClH/c1-20(2,3)12-15(21)13-24-16-9-10-17(18(22)11-16)19(23)14-7-5-4-6-8-14;1-2-3-4;;/h4-11,15,21H,12-13H2,1-3H3;2-4H2,1H3;2*1H. The molecule has 0 radical (unpaired) electrons. The first kappa shape index (κ1) is 30.4. The second-order valence-electron chi connectivity index (χ2n) is 7.67. The van der Waals surface area contributed by atoms with E-state index >= 15 is 0 Å². The van der Waals surface area contributed by atoms with Crippen LogP contribution in [0.5, 0.6) is 11.5 Å². The van der Waals surface area contributed by atoms with E-state index in [-0.39, 0.29) is 48.5 Å². The highest BCUT2D eigenvalue weighted by Crippen LogP contribution is 2.26. The van der Waals surface area contributed by atoms with Gasteiger partial charge in [0.2, 0.25) is 0 Å². The van der Waals surface area contributed by atoms with Crippen LogP contribution in [-0.2, 0) is 0 Å². The van der Waals surface area contributed by atoms with E-state index in [9.17, 15) is 15.0 Å². The molecule has 8 heteroatoms. The third-order valence-corrected chi connectivity index (χ3v) is 3.80. The number of nitrogens with zero attached hydrogens (tertiary/aromatic N) is 1. The first-order valence-electron chi connectivity index (χ1n) is 9.51. The molecule has 0 aliphatic carbocycles. The average molecular weight is 461 g/mol. The van der Waals surface area contributed by atoms with Crippen LogP contribution in [0.25, 0.3) is 0 Å². The fourth-order valence-electron chi connectivity index (χ4n) is 2.42. The zero-order valence-corrected chi connectivity index (χ0v) is 19.7. The fourth-order valence-corrected chi connectivity index (χ4v) is 2.42. The Morgan fingerprint density at radius 2 is 1.67 bits per heavy atom. The van der Waals surface area contributed by atoms with E-state index < -0.39 is 6.10 Å². The monoisotopic (exact) mass is 460 g/mol. The van der Waals surface area contributed by atoms with Crippen molar-refractivity contribution in [1.29, 1.82) is 0 Å². The maximum absolute atomic E-state index is 12.4. The first-order valence-corrected chi connectivity index (χ1v) is 9.51. The molecule has 0 aliphatic rings.